The summed E-state index contributed by atoms with van der Waals surface area (Å²) in [5, 5.41) is 0. The Morgan fingerprint density at radius 1 is 1.54 bits per heavy atom. The second-order valence-corrected chi connectivity index (χ2v) is 4.37. The van der Waals surface area contributed by atoms with Gasteiger partial charge in [0, 0.05) is 22.5 Å². The van der Waals surface area contributed by atoms with Crippen molar-refractivity contribution < 1.29 is 4.74 Å². The summed E-state index contributed by atoms with van der Waals surface area (Å²) in [5.74, 6) is 0.917. The predicted octanol–water partition coefficient (Wildman–Crippen LogP) is 2.62. The van der Waals surface area contributed by atoms with Crippen LogP contribution in [-0.4, -0.2) is 6.10 Å². The van der Waals surface area contributed by atoms with Gasteiger partial charge < -0.3 is 10.5 Å². The highest BCUT2D eigenvalue weighted by atomic mass is 79.9. The molecule has 3 heteroatoms. The van der Waals surface area contributed by atoms with E-state index in [1.807, 2.05) is 25.1 Å². The summed E-state index contributed by atoms with van der Waals surface area (Å²) in [5.41, 5.74) is 7.10. The molecule has 1 aliphatic rings. The quantitative estimate of drug-likeness (QED) is 0.758. The van der Waals surface area contributed by atoms with Crippen LogP contribution in [0.3, 0.4) is 0 Å². The first-order valence-electron chi connectivity index (χ1n) is 4.38. The Hall–Kier alpha value is -0.540. The molecule has 1 heterocycles. The number of fused-ring (bicyclic) bond motifs is 1. The van der Waals surface area contributed by atoms with Gasteiger partial charge in [-0.1, -0.05) is 22.0 Å². The Balaban J connectivity index is 2.43. The Kier molecular flexibility index (Phi) is 2.30. The summed E-state index contributed by atoms with van der Waals surface area (Å²) in [7, 11) is 0. The molecule has 2 N–H and O–H groups in total. The fourth-order valence-electron chi connectivity index (χ4n) is 1.67. The molecular formula is C10H12BrNO. The van der Waals surface area contributed by atoms with E-state index in [0.29, 0.717) is 0 Å². The molecule has 0 saturated heterocycles. The summed E-state index contributed by atoms with van der Waals surface area (Å²) in [6.07, 6.45) is 1.12. The number of benzene rings is 1. The molecule has 0 spiro atoms. The van der Waals surface area contributed by atoms with Crippen molar-refractivity contribution in [2.75, 3.05) is 0 Å². The lowest BCUT2D eigenvalue weighted by molar-refractivity contribution is 0.177. The first kappa shape index (κ1) is 9.03. The normalized spacial score (nSPS) is 26.4. The summed E-state index contributed by atoms with van der Waals surface area (Å²) >= 11 is 3.41. The minimum Gasteiger partial charge on any atom is -0.490 e. The Morgan fingerprint density at radius 3 is 3.08 bits per heavy atom. The van der Waals surface area contributed by atoms with Crippen LogP contribution in [0.5, 0.6) is 5.75 Å². The zero-order valence-electron chi connectivity index (χ0n) is 7.46. The largest absolute Gasteiger partial charge is 0.490 e. The molecule has 0 aromatic heterocycles. The van der Waals surface area contributed by atoms with Crippen LogP contribution in [0.1, 0.15) is 24.9 Å². The van der Waals surface area contributed by atoms with E-state index in [1.165, 1.54) is 0 Å². The van der Waals surface area contributed by atoms with Crippen LogP contribution in [0.2, 0.25) is 0 Å². The van der Waals surface area contributed by atoms with Gasteiger partial charge >= 0.3 is 0 Å². The summed E-state index contributed by atoms with van der Waals surface area (Å²) in [4.78, 5) is 0. The average molecular weight is 242 g/mol. The Morgan fingerprint density at radius 2 is 2.31 bits per heavy atom. The minimum atomic E-state index is 0.117. The van der Waals surface area contributed by atoms with Crippen molar-refractivity contribution >= 4 is 15.9 Å². The molecule has 70 valence electrons. The van der Waals surface area contributed by atoms with Crippen molar-refractivity contribution in [3.05, 3.63) is 28.2 Å². The first-order valence-corrected chi connectivity index (χ1v) is 5.18. The number of ether oxygens (including phenoxy) is 1. The van der Waals surface area contributed by atoms with Gasteiger partial charge in [0.1, 0.15) is 5.75 Å². The fourth-order valence-corrected chi connectivity index (χ4v) is 2.01. The summed E-state index contributed by atoms with van der Waals surface area (Å²) in [6, 6.07) is 6.12. The van der Waals surface area contributed by atoms with Gasteiger partial charge in [0.05, 0.1) is 6.10 Å². The minimum absolute atomic E-state index is 0.117. The second kappa shape index (κ2) is 3.31. The van der Waals surface area contributed by atoms with Crippen molar-refractivity contribution in [2.45, 2.75) is 25.5 Å². The van der Waals surface area contributed by atoms with Crippen LogP contribution >= 0.6 is 15.9 Å². The number of halogens is 1. The third-order valence-corrected chi connectivity index (χ3v) is 2.78. The van der Waals surface area contributed by atoms with Crippen molar-refractivity contribution in [3.8, 4) is 5.75 Å². The maximum atomic E-state index is 5.99. The zero-order chi connectivity index (χ0) is 9.42. The van der Waals surface area contributed by atoms with Gasteiger partial charge in [-0.05, 0) is 19.1 Å². The molecule has 2 atom stereocenters. The molecule has 13 heavy (non-hydrogen) atoms. The smallest absolute Gasteiger partial charge is 0.125 e. The van der Waals surface area contributed by atoms with Crippen LogP contribution in [0.25, 0.3) is 0 Å². The third-order valence-electron chi connectivity index (χ3n) is 2.29. The van der Waals surface area contributed by atoms with Crippen molar-refractivity contribution in [2.24, 2.45) is 5.73 Å². The Labute approximate surface area is 86.2 Å². The molecule has 1 aliphatic heterocycles. The number of hydrogen-bond donors (Lipinski definition) is 1. The average Bonchev–Trinajstić information content (AvgIpc) is 2.02. The van der Waals surface area contributed by atoms with Crippen molar-refractivity contribution in [1.29, 1.82) is 0 Å². The van der Waals surface area contributed by atoms with E-state index in [4.69, 9.17) is 10.5 Å². The summed E-state index contributed by atoms with van der Waals surface area (Å²) < 4.78 is 6.71. The third kappa shape index (κ3) is 1.71. The van der Waals surface area contributed by atoms with E-state index in [2.05, 4.69) is 15.9 Å². The van der Waals surface area contributed by atoms with E-state index < -0.39 is 0 Å². The van der Waals surface area contributed by atoms with Gasteiger partial charge in [-0.3, -0.25) is 0 Å². The predicted molar refractivity (Wildman–Crippen MR) is 55.8 cm³/mol. The van der Waals surface area contributed by atoms with E-state index in [1.54, 1.807) is 0 Å². The van der Waals surface area contributed by atoms with Crippen LogP contribution in [0, 0.1) is 0 Å². The monoisotopic (exact) mass is 241 g/mol. The molecule has 0 bridgehead atoms. The molecule has 0 radical (unpaired) electrons. The molecule has 2 nitrogen and oxygen atoms in total. The molecule has 2 rings (SSSR count). The van der Waals surface area contributed by atoms with E-state index in [0.717, 1.165) is 22.2 Å². The highest BCUT2D eigenvalue weighted by Crippen LogP contribution is 2.34. The molecular weight excluding hydrogens is 230 g/mol. The highest BCUT2D eigenvalue weighted by molar-refractivity contribution is 9.10. The van der Waals surface area contributed by atoms with Crippen LogP contribution in [-0.2, 0) is 0 Å². The molecule has 0 aliphatic carbocycles. The summed E-state index contributed by atoms with van der Waals surface area (Å²) in [6.45, 7) is 2.05. The maximum absolute atomic E-state index is 5.99. The van der Waals surface area contributed by atoms with Gasteiger partial charge in [0.2, 0.25) is 0 Å². The topological polar surface area (TPSA) is 35.2 Å². The molecule has 1 aromatic carbocycles. The van der Waals surface area contributed by atoms with E-state index >= 15 is 0 Å². The van der Waals surface area contributed by atoms with Gasteiger partial charge in [0.25, 0.3) is 0 Å². The molecule has 0 saturated carbocycles. The molecule has 1 aromatic rings. The lowest BCUT2D eigenvalue weighted by Crippen LogP contribution is -2.27. The van der Waals surface area contributed by atoms with E-state index in [-0.39, 0.29) is 12.1 Å². The van der Waals surface area contributed by atoms with Gasteiger partial charge in [-0.2, -0.15) is 0 Å². The maximum Gasteiger partial charge on any atom is 0.125 e. The highest BCUT2D eigenvalue weighted by Gasteiger charge is 2.22. The second-order valence-electron chi connectivity index (χ2n) is 3.45. The van der Waals surface area contributed by atoms with Crippen LogP contribution < -0.4 is 10.5 Å². The lowest BCUT2D eigenvalue weighted by atomic mass is 9.98. The van der Waals surface area contributed by atoms with Gasteiger partial charge in [-0.15, -0.1) is 0 Å². The number of hydrogen-bond acceptors (Lipinski definition) is 2. The van der Waals surface area contributed by atoms with Gasteiger partial charge in [0.15, 0.2) is 0 Å². The molecule has 1 unspecified atom stereocenters. The molecule has 0 fully saturated rings. The molecule has 0 amide bonds. The van der Waals surface area contributed by atoms with Gasteiger partial charge in [-0.25, -0.2) is 0 Å². The standard InChI is InChI=1S/C10H12BrNO/c1-6-4-9(12)8-3-2-7(11)5-10(8)13-6/h2-3,5-6,9H,4,12H2,1H3/t6?,9-/m1/s1. The lowest BCUT2D eigenvalue weighted by Gasteiger charge is -2.28. The number of rotatable bonds is 0. The first-order chi connectivity index (χ1) is 6.16. The van der Waals surface area contributed by atoms with E-state index in [9.17, 15) is 0 Å². The van der Waals surface area contributed by atoms with Crippen LogP contribution in [0.4, 0.5) is 0 Å². The zero-order valence-corrected chi connectivity index (χ0v) is 9.04. The SMILES string of the molecule is CC1C[C@@H](N)c2ccc(Br)cc2O1. The fraction of sp³-hybridized carbons (Fsp3) is 0.400. The van der Waals surface area contributed by atoms with Crippen LogP contribution in [0.15, 0.2) is 22.7 Å². The van der Waals surface area contributed by atoms with Crippen molar-refractivity contribution in [3.63, 3.8) is 0 Å². The number of nitrogens with two attached hydrogens (primary N) is 1. The Bertz CT molecular complexity index is 327. The van der Waals surface area contributed by atoms with Crippen molar-refractivity contribution in [1.82, 2.24) is 0 Å².